The van der Waals surface area contributed by atoms with Crippen molar-refractivity contribution in [3.8, 4) is 5.75 Å². The monoisotopic (exact) mass is 426 g/mol. The quantitative estimate of drug-likeness (QED) is 0.724. The standard InChI is InChI=1S/C19H17F3N2O2S2/c20-19(21,22)26-16-7-5-15(6-8-16)23-17(25)12-28-18(27)24-10-9-13-3-1-2-4-14(13)11-24/h1-8H,9-12H2,(H,23,25). The van der Waals surface area contributed by atoms with Crippen molar-refractivity contribution >= 4 is 39.9 Å². The van der Waals surface area contributed by atoms with Crippen LogP contribution in [0.15, 0.2) is 48.5 Å². The number of hydrogen-bond donors (Lipinski definition) is 1. The number of anilines is 1. The second-order valence-corrected chi connectivity index (χ2v) is 7.72. The zero-order valence-corrected chi connectivity index (χ0v) is 16.3. The molecule has 0 aromatic heterocycles. The van der Waals surface area contributed by atoms with E-state index < -0.39 is 6.36 Å². The molecule has 4 nitrogen and oxygen atoms in total. The van der Waals surface area contributed by atoms with E-state index in [0.717, 1.165) is 31.6 Å². The fraction of sp³-hybridized carbons (Fsp3) is 0.263. The highest BCUT2D eigenvalue weighted by molar-refractivity contribution is 8.23. The fourth-order valence-electron chi connectivity index (χ4n) is 2.81. The Kier molecular flexibility index (Phi) is 6.46. The van der Waals surface area contributed by atoms with Gasteiger partial charge in [-0.15, -0.1) is 13.2 Å². The first kappa shape index (κ1) is 20.5. The van der Waals surface area contributed by atoms with Crippen molar-refractivity contribution < 1.29 is 22.7 Å². The van der Waals surface area contributed by atoms with Crippen LogP contribution in [0.2, 0.25) is 0 Å². The van der Waals surface area contributed by atoms with E-state index in [1.807, 2.05) is 12.1 Å². The Labute approximate surface area is 170 Å². The van der Waals surface area contributed by atoms with Gasteiger partial charge < -0.3 is 15.0 Å². The number of thiocarbonyl (C=S) groups is 1. The van der Waals surface area contributed by atoms with Gasteiger partial charge in [-0.05, 0) is 41.8 Å². The first-order valence-electron chi connectivity index (χ1n) is 8.44. The molecule has 0 saturated carbocycles. The van der Waals surface area contributed by atoms with Gasteiger partial charge in [0.15, 0.2) is 0 Å². The number of halogens is 3. The third-order valence-corrected chi connectivity index (χ3v) is 5.61. The van der Waals surface area contributed by atoms with E-state index in [1.165, 1.54) is 35.0 Å². The summed E-state index contributed by atoms with van der Waals surface area (Å²) < 4.78 is 40.9. The van der Waals surface area contributed by atoms with E-state index >= 15 is 0 Å². The van der Waals surface area contributed by atoms with Gasteiger partial charge in [-0.25, -0.2) is 0 Å². The molecule has 1 aliphatic heterocycles. The molecule has 3 rings (SSSR count). The average Bonchev–Trinajstić information content (AvgIpc) is 2.66. The molecule has 1 N–H and O–H groups in total. The van der Waals surface area contributed by atoms with Crippen LogP contribution < -0.4 is 10.1 Å². The Morgan fingerprint density at radius 1 is 1.14 bits per heavy atom. The number of amides is 1. The van der Waals surface area contributed by atoms with Crippen molar-refractivity contribution in [2.24, 2.45) is 0 Å². The summed E-state index contributed by atoms with van der Waals surface area (Å²) in [5.74, 6) is -0.502. The molecular formula is C19H17F3N2O2S2. The number of ether oxygens (including phenoxy) is 1. The summed E-state index contributed by atoms with van der Waals surface area (Å²) in [5, 5.41) is 2.63. The second kappa shape index (κ2) is 8.83. The van der Waals surface area contributed by atoms with Crippen LogP contribution in [-0.4, -0.2) is 33.8 Å². The summed E-state index contributed by atoms with van der Waals surface area (Å²) in [7, 11) is 0. The number of carbonyl (C=O) groups excluding carboxylic acids is 1. The maximum atomic E-state index is 12.2. The zero-order valence-electron chi connectivity index (χ0n) is 14.7. The van der Waals surface area contributed by atoms with E-state index in [-0.39, 0.29) is 17.4 Å². The molecule has 0 fully saturated rings. The lowest BCUT2D eigenvalue weighted by Crippen LogP contribution is -2.34. The van der Waals surface area contributed by atoms with Crippen LogP contribution in [0.1, 0.15) is 11.1 Å². The largest absolute Gasteiger partial charge is 0.573 e. The highest BCUT2D eigenvalue weighted by atomic mass is 32.2. The molecule has 0 unspecified atom stereocenters. The van der Waals surface area contributed by atoms with E-state index in [9.17, 15) is 18.0 Å². The van der Waals surface area contributed by atoms with Gasteiger partial charge in [0, 0.05) is 18.8 Å². The topological polar surface area (TPSA) is 41.6 Å². The molecule has 0 radical (unpaired) electrons. The number of carbonyl (C=O) groups is 1. The number of thioether (sulfide) groups is 1. The molecule has 148 valence electrons. The van der Waals surface area contributed by atoms with Crippen LogP contribution in [0.3, 0.4) is 0 Å². The summed E-state index contributed by atoms with van der Waals surface area (Å²) in [6.45, 7) is 1.54. The van der Waals surface area contributed by atoms with Crippen molar-refractivity contribution in [2.45, 2.75) is 19.3 Å². The molecule has 2 aromatic rings. The van der Waals surface area contributed by atoms with Gasteiger partial charge in [0.2, 0.25) is 5.91 Å². The van der Waals surface area contributed by atoms with Crippen molar-refractivity contribution in [3.05, 3.63) is 59.7 Å². The van der Waals surface area contributed by atoms with Gasteiger partial charge in [-0.3, -0.25) is 4.79 Å². The normalized spacial score (nSPS) is 13.6. The number of fused-ring (bicyclic) bond motifs is 1. The van der Waals surface area contributed by atoms with E-state index in [0.29, 0.717) is 10.0 Å². The first-order valence-corrected chi connectivity index (χ1v) is 9.84. The van der Waals surface area contributed by atoms with Crippen LogP contribution >= 0.6 is 24.0 Å². The molecular weight excluding hydrogens is 409 g/mol. The Morgan fingerprint density at radius 2 is 1.82 bits per heavy atom. The Bertz CT molecular complexity index is 857. The minimum atomic E-state index is -4.74. The molecule has 28 heavy (non-hydrogen) atoms. The molecule has 1 amide bonds. The van der Waals surface area contributed by atoms with Crippen LogP contribution in [-0.2, 0) is 17.8 Å². The predicted molar refractivity (Wildman–Crippen MR) is 107 cm³/mol. The minimum Gasteiger partial charge on any atom is -0.406 e. The molecule has 0 spiro atoms. The van der Waals surface area contributed by atoms with E-state index in [4.69, 9.17) is 12.2 Å². The number of hydrogen-bond acceptors (Lipinski definition) is 4. The molecule has 2 aromatic carbocycles. The van der Waals surface area contributed by atoms with Crippen LogP contribution in [0.4, 0.5) is 18.9 Å². The summed E-state index contributed by atoms with van der Waals surface area (Å²) in [6, 6.07) is 13.2. The van der Waals surface area contributed by atoms with Gasteiger partial charge in [-0.1, -0.05) is 48.2 Å². The average molecular weight is 426 g/mol. The molecule has 1 heterocycles. The molecule has 9 heteroatoms. The van der Waals surface area contributed by atoms with E-state index in [2.05, 4.69) is 27.1 Å². The summed E-state index contributed by atoms with van der Waals surface area (Å²) >= 11 is 6.71. The number of rotatable bonds is 4. The Hall–Kier alpha value is -2.26. The molecule has 0 bridgehead atoms. The van der Waals surface area contributed by atoms with Gasteiger partial charge >= 0.3 is 6.36 Å². The summed E-state index contributed by atoms with van der Waals surface area (Å²) in [5.41, 5.74) is 2.95. The van der Waals surface area contributed by atoms with Gasteiger partial charge in [0.05, 0.1) is 5.75 Å². The lowest BCUT2D eigenvalue weighted by Gasteiger charge is -2.30. The zero-order chi connectivity index (χ0) is 20.1. The van der Waals surface area contributed by atoms with Crippen molar-refractivity contribution in [2.75, 3.05) is 17.6 Å². The summed E-state index contributed by atoms with van der Waals surface area (Å²) in [4.78, 5) is 14.2. The summed E-state index contributed by atoms with van der Waals surface area (Å²) in [6.07, 6.45) is -3.83. The highest BCUT2D eigenvalue weighted by Gasteiger charge is 2.31. The minimum absolute atomic E-state index is 0.123. The number of nitrogens with one attached hydrogen (secondary N) is 1. The number of nitrogens with zero attached hydrogens (tertiary/aromatic N) is 1. The third-order valence-electron chi connectivity index (χ3n) is 4.09. The Morgan fingerprint density at radius 3 is 2.50 bits per heavy atom. The van der Waals surface area contributed by atoms with Crippen molar-refractivity contribution in [3.63, 3.8) is 0 Å². The molecule has 0 saturated heterocycles. The maximum absolute atomic E-state index is 12.2. The van der Waals surface area contributed by atoms with Crippen LogP contribution in [0.25, 0.3) is 0 Å². The lowest BCUT2D eigenvalue weighted by atomic mass is 10.0. The fourth-order valence-corrected chi connectivity index (χ4v) is 3.80. The highest BCUT2D eigenvalue weighted by Crippen LogP contribution is 2.25. The maximum Gasteiger partial charge on any atom is 0.573 e. The van der Waals surface area contributed by atoms with Gasteiger partial charge in [0.1, 0.15) is 10.1 Å². The molecule has 0 aliphatic carbocycles. The SMILES string of the molecule is O=C(CSC(=S)N1CCc2ccccc2C1)Nc1ccc(OC(F)(F)F)cc1. The van der Waals surface area contributed by atoms with Gasteiger partial charge in [0.25, 0.3) is 0 Å². The lowest BCUT2D eigenvalue weighted by molar-refractivity contribution is -0.274. The van der Waals surface area contributed by atoms with Crippen molar-refractivity contribution in [1.29, 1.82) is 0 Å². The molecule has 1 aliphatic rings. The Balaban J connectivity index is 1.46. The van der Waals surface area contributed by atoms with Crippen LogP contribution in [0.5, 0.6) is 5.75 Å². The first-order chi connectivity index (χ1) is 13.3. The van der Waals surface area contributed by atoms with Crippen molar-refractivity contribution in [1.82, 2.24) is 4.90 Å². The third kappa shape index (κ3) is 5.87. The predicted octanol–water partition coefficient (Wildman–Crippen LogP) is 4.60. The number of benzene rings is 2. The molecule has 0 atom stereocenters. The smallest absolute Gasteiger partial charge is 0.406 e. The second-order valence-electron chi connectivity index (χ2n) is 6.12. The number of alkyl halides is 3. The van der Waals surface area contributed by atoms with E-state index in [1.54, 1.807) is 0 Å². The van der Waals surface area contributed by atoms with Gasteiger partial charge in [-0.2, -0.15) is 0 Å². The van der Waals surface area contributed by atoms with Crippen LogP contribution in [0, 0.1) is 0 Å².